The predicted molar refractivity (Wildman–Crippen MR) is 94.1 cm³/mol. The van der Waals surface area contributed by atoms with Crippen LogP contribution < -0.4 is 5.32 Å². The quantitative estimate of drug-likeness (QED) is 0.406. The molecule has 0 spiro atoms. The van der Waals surface area contributed by atoms with Gasteiger partial charge in [-0.3, -0.25) is 4.79 Å². The number of methoxy groups -OCH3 is 1. The molecule has 0 saturated heterocycles. The normalized spacial score (nSPS) is 12.9. The molecule has 0 aromatic carbocycles. The zero-order valence-electron chi connectivity index (χ0n) is 16.6. The Labute approximate surface area is 150 Å². The number of carbonyl (C=O) groups is 3. The average molecular weight is 359 g/mol. The lowest BCUT2D eigenvalue weighted by Crippen LogP contribution is -2.44. The van der Waals surface area contributed by atoms with Crippen LogP contribution in [0.15, 0.2) is 0 Å². The molecule has 7 nitrogen and oxygen atoms in total. The van der Waals surface area contributed by atoms with Gasteiger partial charge >= 0.3 is 18.0 Å². The Bertz CT molecular complexity index is 447. The molecule has 0 fully saturated rings. The van der Waals surface area contributed by atoms with E-state index in [1.165, 1.54) is 7.11 Å². The molecule has 0 heterocycles. The average Bonchev–Trinajstić information content (AvgIpc) is 2.40. The fourth-order valence-electron chi connectivity index (χ4n) is 2.03. The van der Waals surface area contributed by atoms with Crippen LogP contribution in [0.3, 0.4) is 0 Å². The molecule has 146 valence electrons. The molecule has 0 rings (SSSR count). The predicted octanol–water partition coefficient (Wildman–Crippen LogP) is 3.34. The number of carbonyl (C=O) groups excluding carboxylic acids is 3. The lowest BCUT2D eigenvalue weighted by molar-refractivity contribution is -0.155. The molecule has 0 unspecified atom stereocenters. The van der Waals surface area contributed by atoms with E-state index in [2.05, 4.69) is 5.32 Å². The van der Waals surface area contributed by atoms with Crippen LogP contribution in [0.2, 0.25) is 0 Å². The first-order valence-corrected chi connectivity index (χ1v) is 8.63. The number of hydrogen-bond donors (Lipinski definition) is 1. The van der Waals surface area contributed by atoms with Gasteiger partial charge in [-0.05, 0) is 54.4 Å². The SMILES string of the molecule is COC(=O)[C@H](CCCCCC(=O)OC(C)(C)C)NC(=O)OC(C)(C)C. The third-order valence-electron chi connectivity index (χ3n) is 2.97. The van der Waals surface area contributed by atoms with Gasteiger partial charge in [-0.1, -0.05) is 12.8 Å². The fraction of sp³-hybridized carbons (Fsp3) is 0.833. The highest BCUT2D eigenvalue weighted by Crippen LogP contribution is 2.13. The molecule has 0 aliphatic carbocycles. The number of amides is 1. The summed E-state index contributed by atoms with van der Waals surface area (Å²) in [5, 5.41) is 2.53. The summed E-state index contributed by atoms with van der Waals surface area (Å²) in [6.07, 6.45) is 2.16. The highest BCUT2D eigenvalue weighted by atomic mass is 16.6. The van der Waals surface area contributed by atoms with E-state index >= 15 is 0 Å². The zero-order chi connectivity index (χ0) is 19.7. The number of rotatable bonds is 8. The molecular formula is C18H33NO6. The summed E-state index contributed by atoms with van der Waals surface area (Å²) in [5.74, 6) is -0.748. The first-order chi connectivity index (χ1) is 11.3. The van der Waals surface area contributed by atoms with Crippen molar-refractivity contribution in [1.82, 2.24) is 5.32 Å². The fourth-order valence-corrected chi connectivity index (χ4v) is 2.03. The minimum Gasteiger partial charge on any atom is -0.467 e. The molecule has 1 amide bonds. The van der Waals surface area contributed by atoms with Gasteiger partial charge in [-0.2, -0.15) is 0 Å². The van der Waals surface area contributed by atoms with Crippen molar-refractivity contribution in [2.24, 2.45) is 0 Å². The molecule has 1 N–H and O–H groups in total. The van der Waals surface area contributed by atoms with E-state index < -0.39 is 29.3 Å². The largest absolute Gasteiger partial charge is 0.467 e. The minimum atomic E-state index is -0.763. The number of hydrogen-bond acceptors (Lipinski definition) is 6. The standard InChI is InChI=1S/C18H33NO6/c1-17(2,3)24-14(20)12-10-8-9-11-13(15(21)23-7)19-16(22)25-18(4,5)6/h13H,8-12H2,1-7H3,(H,19,22)/t13-/m0/s1. The van der Waals surface area contributed by atoms with Crippen LogP contribution in [-0.4, -0.2) is 42.4 Å². The minimum absolute atomic E-state index is 0.233. The van der Waals surface area contributed by atoms with Crippen molar-refractivity contribution in [1.29, 1.82) is 0 Å². The van der Waals surface area contributed by atoms with E-state index in [4.69, 9.17) is 14.2 Å². The van der Waals surface area contributed by atoms with E-state index in [1.54, 1.807) is 20.8 Å². The smallest absolute Gasteiger partial charge is 0.408 e. The highest BCUT2D eigenvalue weighted by molar-refractivity contribution is 5.81. The van der Waals surface area contributed by atoms with Crippen LogP contribution in [0.25, 0.3) is 0 Å². The molecular weight excluding hydrogens is 326 g/mol. The molecule has 0 aliphatic heterocycles. The molecule has 1 atom stereocenters. The second-order valence-corrected chi connectivity index (χ2v) is 7.91. The molecule has 0 aromatic rings. The monoisotopic (exact) mass is 359 g/mol. The molecule has 0 radical (unpaired) electrons. The summed E-state index contributed by atoms with van der Waals surface area (Å²) in [5.41, 5.74) is -1.12. The summed E-state index contributed by atoms with van der Waals surface area (Å²) in [7, 11) is 1.27. The maximum Gasteiger partial charge on any atom is 0.408 e. The lowest BCUT2D eigenvalue weighted by atomic mass is 10.1. The van der Waals surface area contributed by atoms with Crippen molar-refractivity contribution in [2.45, 2.75) is 90.9 Å². The van der Waals surface area contributed by atoms with Gasteiger partial charge in [0.25, 0.3) is 0 Å². The van der Waals surface area contributed by atoms with Crippen LogP contribution in [0.1, 0.15) is 73.6 Å². The van der Waals surface area contributed by atoms with E-state index in [0.29, 0.717) is 25.7 Å². The van der Waals surface area contributed by atoms with Gasteiger partial charge in [0.05, 0.1) is 7.11 Å². The second kappa shape index (κ2) is 10.3. The summed E-state index contributed by atoms with van der Waals surface area (Å²) >= 11 is 0. The van der Waals surface area contributed by atoms with Gasteiger partial charge in [0.15, 0.2) is 0 Å². The molecule has 0 aliphatic rings. The Morgan fingerprint density at radius 1 is 0.880 bits per heavy atom. The number of nitrogens with one attached hydrogen (secondary N) is 1. The molecule has 0 aromatic heterocycles. The van der Waals surface area contributed by atoms with E-state index in [9.17, 15) is 14.4 Å². The Balaban J connectivity index is 4.23. The van der Waals surface area contributed by atoms with Gasteiger partial charge < -0.3 is 19.5 Å². The van der Waals surface area contributed by atoms with Gasteiger partial charge in [0.2, 0.25) is 0 Å². The topological polar surface area (TPSA) is 90.9 Å². The summed E-state index contributed by atoms with van der Waals surface area (Å²) in [6.45, 7) is 10.7. The van der Waals surface area contributed by atoms with Crippen LogP contribution >= 0.6 is 0 Å². The Morgan fingerprint density at radius 3 is 1.92 bits per heavy atom. The Kier molecular flexibility index (Phi) is 9.52. The van der Waals surface area contributed by atoms with Crippen molar-refractivity contribution in [3.8, 4) is 0 Å². The van der Waals surface area contributed by atoms with Crippen molar-refractivity contribution in [3.05, 3.63) is 0 Å². The van der Waals surface area contributed by atoms with Crippen LogP contribution in [0, 0.1) is 0 Å². The van der Waals surface area contributed by atoms with Gasteiger partial charge in [0.1, 0.15) is 17.2 Å². The molecule has 0 saturated carbocycles. The van der Waals surface area contributed by atoms with Crippen molar-refractivity contribution >= 4 is 18.0 Å². The third-order valence-corrected chi connectivity index (χ3v) is 2.97. The van der Waals surface area contributed by atoms with E-state index in [0.717, 1.165) is 6.42 Å². The van der Waals surface area contributed by atoms with E-state index in [1.807, 2.05) is 20.8 Å². The number of esters is 2. The lowest BCUT2D eigenvalue weighted by Gasteiger charge is -2.22. The zero-order valence-corrected chi connectivity index (χ0v) is 16.6. The van der Waals surface area contributed by atoms with Gasteiger partial charge in [-0.25, -0.2) is 9.59 Å². The summed E-state index contributed by atoms with van der Waals surface area (Å²) in [6, 6.07) is -0.763. The van der Waals surface area contributed by atoms with Crippen molar-refractivity contribution in [3.63, 3.8) is 0 Å². The van der Waals surface area contributed by atoms with Crippen LogP contribution in [0.4, 0.5) is 4.79 Å². The second-order valence-electron chi connectivity index (χ2n) is 7.91. The van der Waals surface area contributed by atoms with Crippen LogP contribution in [-0.2, 0) is 23.8 Å². The Hall–Kier alpha value is -1.79. The summed E-state index contributed by atoms with van der Waals surface area (Å²) < 4.78 is 15.1. The first kappa shape index (κ1) is 23.2. The maximum absolute atomic E-state index is 11.8. The number of ether oxygens (including phenoxy) is 3. The summed E-state index contributed by atoms with van der Waals surface area (Å²) in [4.78, 5) is 35.2. The first-order valence-electron chi connectivity index (χ1n) is 8.63. The van der Waals surface area contributed by atoms with E-state index in [-0.39, 0.29) is 5.97 Å². The highest BCUT2D eigenvalue weighted by Gasteiger charge is 2.24. The third kappa shape index (κ3) is 13.2. The van der Waals surface area contributed by atoms with Crippen LogP contribution in [0.5, 0.6) is 0 Å². The molecule has 25 heavy (non-hydrogen) atoms. The maximum atomic E-state index is 11.8. The Morgan fingerprint density at radius 2 is 1.44 bits per heavy atom. The number of unbranched alkanes of at least 4 members (excludes halogenated alkanes) is 2. The molecule has 0 bridgehead atoms. The van der Waals surface area contributed by atoms with Gasteiger partial charge in [0, 0.05) is 6.42 Å². The molecule has 7 heteroatoms. The van der Waals surface area contributed by atoms with Crippen molar-refractivity contribution < 1.29 is 28.6 Å². The number of alkyl carbamates (subject to hydrolysis) is 1. The van der Waals surface area contributed by atoms with Gasteiger partial charge in [-0.15, -0.1) is 0 Å². The van der Waals surface area contributed by atoms with Crippen molar-refractivity contribution in [2.75, 3.05) is 7.11 Å².